The van der Waals surface area contributed by atoms with Gasteiger partial charge < -0.3 is 18.8 Å². The lowest BCUT2D eigenvalue weighted by Gasteiger charge is -2.55. The molecule has 3 aliphatic rings. The second-order valence-corrected chi connectivity index (χ2v) is 19.6. The Kier molecular flexibility index (Phi) is 7.73. The standard InChI is InChI=1S/C36H43FN2O6Si/c1-19-15-25(37)23-16-22-17-24-29(39(6)7)31-28(34(38-44-31)43-18-21-13-11-10-12-14-21)33(42)36(24,45-46(8,9)35(3,4)5)32(41)27(22)30(40)26(23)20(19)2/h10-15,22,24,29,40H,16-18H2,1-9H3/t22-,24-,29-,36-/m0/s1. The number of ether oxygens (including phenoxy) is 1. The zero-order chi connectivity index (χ0) is 33.5. The van der Waals surface area contributed by atoms with Gasteiger partial charge in [0.25, 0.3) is 5.88 Å². The summed E-state index contributed by atoms with van der Waals surface area (Å²) in [6.45, 7) is 13.9. The van der Waals surface area contributed by atoms with E-state index in [2.05, 4.69) is 25.9 Å². The number of carbonyl (C=O) groups is 2. The number of rotatable bonds is 6. The van der Waals surface area contributed by atoms with Gasteiger partial charge in [-0.15, -0.1) is 0 Å². The van der Waals surface area contributed by atoms with Gasteiger partial charge in [-0.3, -0.25) is 14.5 Å². The number of aryl methyl sites for hydroxylation is 1. The molecule has 0 aliphatic heterocycles. The van der Waals surface area contributed by atoms with Crippen LogP contribution < -0.4 is 4.74 Å². The van der Waals surface area contributed by atoms with Gasteiger partial charge in [0, 0.05) is 17.1 Å². The zero-order valence-corrected chi connectivity index (χ0v) is 29.1. The molecule has 0 saturated heterocycles. The van der Waals surface area contributed by atoms with E-state index in [4.69, 9.17) is 13.7 Å². The van der Waals surface area contributed by atoms with Crippen LogP contribution in [-0.2, 0) is 22.2 Å². The first kappa shape index (κ1) is 32.3. The Morgan fingerprint density at radius 2 is 1.78 bits per heavy atom. The van der Waals surface area contributed by atoms with E-state index in [0.717, 1.165) is 5.56 Å². The summed E-state index contributed by atoms with van der Waals surface area (Å²) >= 11 is 0. The molecule has 10 heteroatoms. The minimum atomic E-state index is -2.84. The number of nitrogens with zero attached hydrogens (tertiary/aromatic N) is 2. The van der Waals surface area contributed by atoms with Crippen LogP contribution >= 0.6 is 0 Å². The van der Waals surface area contributed by atoms with E-state index >= 15 is 14.0 Å². The van der Waals surface area contributed by atoms with Crippen LogP contribution in [0.25, 0.3) is 5.76 Å². The first-order valence-corrected chi connectivity index (χ1v) is 18.8. The van der Waals surface area contributed by atoms with Crippen molar-refractivity contribution in [2.24, 2.45) is 11.8 Å². The molecular weight excluding hydrogens is 603 g/mol. The number of aromatic nitrogens is 1. The van der Waals surface area contributed by atoms with Crippen LogP contribution in [0.1, 0.15) is 77.2 Å². The minimum absolute atomic E-state index is 0.00279. The Bertz CT molecular complexity index is 1770. The smallest absolute Gasteiger partial charge is 0.265 e. The Morgan fingerprint density at radius 3 is 2.41 bits per heavy atom. The third-order valence-electron chi connectivity index (χ3n) is 10.8. The van der Waals surface area contributed by atoms with E-state index < -0.39 is 49.2 Å². The summed E-state index contributed by atoms with van der Waals surface area (Å²) < 4.78 is 34.5. The molecule has 0 unspecified atom stereocenters. The number of benzene rings is 2. The first-order valence-electron chi connectivity index (χ1n) is 15.9. The number of hydrogen-bond acceptors (Lipinski definition) is 8. The molecule has 3 aromatic rings. The van der Waals surface area contributed by atoms with Crippen molar-refractivity contribution in [3.8, 4) is 5.88 Å². The Morgan fingerprint density at radius 1 is 1.11 bits per heavy atom. The summed E-state index contributed by atoms with van der Waals surface area (Å²) in [6, 6.07) is 10.4. The number of Topliss-reactive ketones (excluding diaryl/α,β-unsaturated/α-hetero) is 2. The van der Waals surface area contributed by atoms with Gasteiger partial charge in [-0.1, -0.05) is 51.1 Å². The number of hydrogen-bond donors (Lipinski definition) is 1. The lowest BCUT2D eigenvalue weighted by molar-refractivity contribution is -0.140. The Labute approximate surface area is 270 Å². The summed E-state index contributed by atoms with van der Waals surface area (Å²) in [5.74, 6) is -2.71. The van der Waals surface area contributed by atoms with Crippen LogP contribution in [0.2, 0.25) is 18.1 Å². The summed E-state index contributed by atoms with van der Waals surface area (Å²) in [4.78, 5) is 32.4. The molecule has 244 valence electrons. The summed E-state index contributed by atoms with van der Waals surface area (Å²) in [7, 11) is 0.887. The normalized spacial score (nSPS) is 24.5. The van der Waals surface area contributed by atoms with Crippen molar-refractivity contribution in [3.63, 3.8) is 0 Å². The van der Waals surface area contributed by atoms with Crippen molar-refractivity contribution in [1.82, 2.24) is 10.1 Å². The highest BCUT2D eigenvalue weighted by molar-refractivity contribution is 6.74. The van der Waals surface area contributed by atoms with Crippen molar-refractivity contribution in [3.05, 3.63) is 86.9 Å². The second-order valence-electron chi connectivity index (χ2n) is 14.8. The molecule has 0 amide bonds. The van der Waals surface area contributed by atoms with Crippen molar-refractivity contribution >= 4 is 25.6 Å². The molecule has 3 aliphatic carbocycles. The average molecular weight is 647 g/mol. The second kappa shape index (κ2) is 11.0. The molecule has 1 aromatic heterocycles. The SMILES string of the molecule is Cc1cc(F)c2c(c1C)C(O)=C1C(=O)[C@]3(O[Si](C)(C)C(C)(C)C)C(=O)c4c(OCc5ccccc5)noc4[C@@H](N(C)C)[C@@H]3C[C@@H]1C2. The zero-order valence-electron chi connectivity index (χ0n) is 28.1. The molecule has 0 bridgehead atoms. The Balaban J connectivity index is 1.58. The van der Waals surface area contributed by atoms with Crippen molar-refractivity contribution in [1.29, 1.82) is 0 Å². The van der Waals surface area contributed by atoms with Gasteiger partial charge in [0.2, 0.25) is 11.6 Å². The van der Waals surface area contributed by atoms with Gasteiger partial charge in [0.1, 0.15) is 23.7 Å². The fraction of sp³-hybridized carbons (Fsp3) is 0.472. The van der Waals surface area contributed by atoms with Crippen LogP contribution in [0.4, 0.5) is 4.39 Å². The molecule has 1 saturated carbocycles. The Hall–Kier alpha value is -3.60. The van der Waals surface area contributed by atoms with Gasteiger partial charge in [0.05, 0.1) is 6.04 Å². The largest absolute Gasteiger partial charge is 0.507 e. The number of ketones is 2. The van der Waals surface area contributed by atoms with Crippen LogP contribution in [0, 0.1) is 31.5 Å². The van der Waals surface area contributed by atoms with Gasteiger partial charge in [-0.25, -0.2) is 4.39 Å². The minimum Gasteiger partial charge on any atom is -0.507 e. The predicted molar refractivity (Wildman–Crippen MR) is 175 cm³/mol. The first-order chi connectivity index (χ1) is 21.5. The van der Waals surface area contributed by atoms with E-state index in [1.54, 1.807) is 6.92 Å². The molecule has 0 radical (unpaired) electrons. The molecule has 1 N–H and O–H groups in total. The van der Waals surface area contributed by atoms with Crippen molar-refractivity contribution < 1.29 is 32.8 Å². The van der Waals surface area contributed by atoms with Gasteiger partial charge in [-0.2, -0.15) is 0 Å². The maximum absolute atomic E-state index is 15.4. The summed E-state index contributed by atoms with van der Waals surface area (Å²) in [6.07, 6.45) is 0.517. The number of aliphatic hydroxyl groups excluding tert-OH is 1. The molecule has 4 atom stereocenters. The predicted octanol–water partition coefficient (Wildman–Crippen LogP) is 7.30. The molecule has 0 spiro atoms. The fourth-order valence-electron chi connectivity index (χ4n) is 7.29. The third-order valence-corrected chi connectivity index (χ3v) is 15.2. The number of carbonyl (C=O) groups excluding carboxylic acids is 2. The lowest BCUT2D eigenvalue weighted by atomic mass is 9.57. The number of aliphatic hydroxyl groups is 1. The average Bonchev–Trinajstić information content (AvgIpc) is 3.39. The van der Waals surface area contributed by atoms with Gasteiger partial charge in [-0.05, 0) is 98.3 Å². The van der Waals surface area contributed by atoms with E-state index in [1.807, 2.05) is 69.3 Å². The van der Waals surface area contributed by atoms with Crippen LogP contribution in [-0.4, -0.2) is 54.7 Å². The quantitative estimate of drug-likeness (QED) is 0.220. The fourth-order valence-corrected chi connectivity index (χ4v) is 8.74. The molecule has 6 rings (SSSR count). The topological polar surface area (TPSA) is 102 Å². The monoisotopic (exact) mass is 646 g/mol. The highest BCUT2D eigenvalue weighted by Crippen LogP contribution is 2.58. The van der Waals surface area contributed by atoms with Crippen LogP contribution in [0.15, 0.2) is 46.5 Å². The molecule has 8 nitrogen and oxygen atoms in total. The third kappa shape index (κ3) is 4.71. The maximum Gasteiger partial charge on any atom is 0.265 e. The van der Waals surface area contributed by atoms with Gasteiger partial charge in [0.15, 0.2) is 19.7 Å². The molecule has 2 aromatic carbocycles. The molecular formula is C36H43FN2O6Si. The van der Waals surface area contributed by atoms with E-state index in [0.29, 0.717) is 34.4 Å². The molecule has 1 fully saturated rings. The number of halogens is 1. The van der Waals surface area contributed by atoms with Crippen LogP contribution in [0.5, 0.6) is 5.88 Å². The summed E-state index contributed by atoms with van der Waals surface area (Å²) in [5, 5.41) is 15.7. The highest BCUT2D eigenvalue weighted by atomic mass is 28.4. The highest BCUT2D eigenvalue weighted by Gasteiger charge is 2.68. The lowest BCUT2D eigenvalue weighted by Crippen LogP contribution is -2.68. The van der Waals surface area contributed by atoms with E-state index in [-0.39, 0.29) is 40.8 Å². The maximum atomic E-state index is 15.4. The summed E-state index contributed by atoms with van der Waals surface area (Å²) in [5.41, 5.74) is 1.22. The van der Waals surface area contributed by atoms with Crippen LogP contribution in [0.3, 0.4) is 0 Å². The van der Waals surface area contributed by atoms with E-state index in [1.165, 1.54) is 6.07 Å². The number of fused-ring (bicyclic) bond motifs is 4. The van der Waals surface area contributed by atoms with E-state index in [9.17, 15) is 5.11 Å². The molecule has 1 heterocycles. The molecule has 46 heavy (non-hydrogen) atoms. The van der Waals surface area contributed by atoms with Gasteiger partial charge >= 0.3 is 0 Å². The van der Waals surface area contributed by atoms with Crippen molar-refractivity contribution in [2.45, 2.75) is 83.8 Å². The van der Waals surface area contributed by atoms with Crippen molar-refractivity contribution in [2.75, 3.05) is 14.1 Å².